The van der Waals surface area contributed by atoms with Crippen LogP contribution in [0.5, 0.6) is 0 Å². The number of hydrogen-bond acceptors (Lipinski definition) is 3. The van der Waals surface area contributed by atoms with E-state index in [1.165, 1.54) is 35.2 Å². The first-order valence-electron chi connectivity index (χ1n) is 9.11. The van der Waals surface area contributed by atoms with Crippen LogP contribution in [0.3, 0.4) is 0 Å². The lowest BCUT2D eigenvalue weighted by Gasteiger charge is -2.32. The van der Waals surface area contributed by atoms with Crippen LogP contribution >= 0.6 is 11.6 Å². The van der Waals surface area contributed by atoms with Gasteiger partial charge in [0.1, 0.15) is 0 Å². The van der Waals surface area contributed by atoms with Crippen LogP contribution in [0, 0.1) is 6.92 Å². The van der Waals surface area contributed by atoms with Crippen LogP contribution in [0.15, 0.2) is 36.7 Å². The number of rotatable bonds is 4. The van der Waals surface area contributed by atoms with Gasteiger partial charge in [-0.2, -0.15) is 10.2 Å². The highest BCUT2D eigenvalue weighted by molar-refractivity contribution is 6.30. The Morgan fingerprint density at radius 1 is 1.27 bits per heavy atom. The summed E-state index contributed by atoms with van der Waals surface area (Å²) in [5.41, 5.74) is 6.03. The highest BCUT2D eigenvalue weighted by atomic mass is 35.5. The Balaban J connectivity index is 1.52. The minimum atomic E-state index is 0.467. The molecule has 1 aliphatic heterocycles. The molecule has 0 aliphatic carbocycles. The van der Waals surface area contributed by atoms with Crippen molar-refractivity contribution in [2.24, 2.45) is 7.05 Å². The molecular formula is C20H24ClN5. The summed E-state index contributed by atoms with van der Waals surface area (Å²) in [4.78, 5) is 2.53. The molecule has 1 atom stereocenters. The van der Waals surface area contributed by atoms with Crippen LogP contribution in [0.4, 0.5) is 0 Å². The van der Waals surface area contributed by atoms with E-state index >= 15 is 0 Å². The molecule has 0 bridgehead atoms. The lowest BCUT2D eigenvalue weighted by Crippen LogP contribution is -2.34. The van der Waals surface area contributed by atoms with Crippen molar-refractivity contribution < 1.29 is 0 Å². The first kappa shape index (κ1) is 17.3. The average Bonchev–Trinajstić information content (AvgIpc) is 3.23. The van der Waals surface area contributed by atoms with E-state index in [4.69, 9.17) is 11.6 Å². The largest absolute Gasteiger partial charge is 0.298 e. The second-order valence-electron chi connectivity index (χ2n) is 7.19. The van der Waals surface area contributed by atoms with Gasteiger partial charge >= 0.3 is 0 Å². The van der Waals surface area contributed by atoms with Crippen molar-refractivity contribution in [1.29, 1.82) is 0 Å². The maximum absolute atomic E-state index is 6.04. The number of aryl methyl sites for hydroxylation is 2. The lowest BCUT2D eigenvalue weighted by atomic mass is 9.90. The van der Waals surface area contributed by atoms with Crippen molar-refractivity contribution in [2.45, 2.75) is 32.2 Å². The number of benzene rings is 1. The molecule has 0 saturated carbocycles. The molecule has 1 aliphatic rings. The van der Waals surface area contributed by atoms with Gasteiger partial charge in [0, 0.05) is 54.1 Å². The fourth-order valence-electron chi connectivity index (χ4n) is 3.95. The van der Waals surface area contributed by atoms with E-state index in [1.807, 2.05) is 30.1 Å². The number of aromatic nitrogens is 4. The summed E-state index contributed by atoms with van der Waals surface area (Å²) >= 11 is 6.04. The topological polar surface area (TPSA) is 49.7 Å². The molecule has 1 aromatic carbocycles. The van der Waals surface area contributed by atoms with Gasteiger partial charge in [0.15, 0.2) is 0 Å². The lowest BCUT2D eigenvalue weighted by molar-refractivity contribution is 0.198. The summed E-state index contributed by atoms with van der Waals surface area (Å²) < 4.78 is 1.90. The Hall–Kier alpha value is -2.11. The second-order valence-corrected chi connectivity index (χ2v) is 7.63. The third-order valence-corrected chi connectivity index (χ3v) is 5.50. The van der Waals surface area contributed by atoms with Crippen LogP contribution in [0.1, 0.15) is 35.7 Å². The third kappa shape index (κ3) is 3.55. The molecule has 6 heteroatoms. The average molecular weight is 370 g/mol. The predicted molar refractivity (Wildman–Crippen MR) is 104 cm³/mol. The molecule has 0 spiro atoms. The van der Waals surface area contributed by atoms with E-state index in [1.54, 1.807) is 0 Å². The fraction of sp³-hybridized carbons (Fsp3) is 0.400. The smallest absolute Gasteiger partial charge is 0.0638 e. The molecule has 5 nitrogen and oxygen atoms in total. The Morgan fingerprint density at radius 2 is 2.08 bits per heavy atom. The van der Waals surface area contributed by atoms with Gasteiger partial charge in [-0.15, -0.1) is 0 Å². The Morgan fingerprint density at radius 3 is 2.81 bits per heavy atom. The molecule has 136 valence electrons. The fourth-order valence-corrected chi connectivity index (χ4v) is 4.07. The summed E-state index contributed by atoms with van der Waals surface area (Å²) in [6.07, 6.45) is 6.45. The van der Waals surface area contributed by atoms with Crippen LogP contribution in [-0.4, -0.2) is 38.0 Å². The van der Waals surface area contributed by atoms with E-state index < -0.39 is 0 Å². The van der Waals surface area contributed by atoms with Gasteiger partial charge in [-0.3, -0.25) is 14.7 Å². The first-order chi connectivity index (χ1) is 12.6. The Labute approximate surface area is 159 Å². The number of piperidine rings is 1. The van der Waals surface area contributed by atoms with Gasteiger partial charge < -0.3 is 0 Å². The maximum atomic E-state index is 6.04. The number of halogens is 1. The molecule has 3 heterocycles. The van der Waals surface area contributed by atoms with E-state index in [0.29, 0.717) is 5.92 Å². The van der Waals surface area contributed by atoms with Gasteiger partial charge in [-0.25, -0.2) is 0 Å². The van der Waals surface area contributed by atoms with Crippen molar-refractivity contribution in [3.05, 3.63) is 58.6 Å². The van der Waals surface area contributed by atoms with Crippen LogP contribution in [-0.2, 0) is 13.6 Å². The van der Waals surface area contributed by atoms with E-state index in [-0.39, 0.29) is 0 Å². The van der Waals surface area contributed by atoms with Crippen molar-refractivity contribution in [2.75, 3.05) is 13.1 Å². The summed E-state index contributed by atoms with van der Waals surface area (Å²) in [6, 6.07) is 8.00. The number of nitrogens with one attached hydrogen (secondary N) is 1. The maximum Gasteiger partial charge on any atom is 0.0638 e. The van der Waals surface area contributed by atoms with Crippen molar-refractivity contribution in [3.8, 4) is 11.1 Å². The predicted octanol–water partition coefficient (Wildman–Crippen LogP) is 4.15. The minimum absolute atomic E-state index is 0.467. The highest BCUT2D eigenvalue weighted by Crippen LogP contribution is 2.33. The third-order valence-electron chi connectivity index (χ3n) is 5.25. The molecule has 0 unspecified atom stereocenters. The van der Waals surface area contributed by atoms with Crippen LogP contribution in [0.25, 0.3) is 11.1 Å². The van der Waals surface area contributed by atoms with E-state index in [2.05, 4.69) is 45.4 Å². The van der Waals surface area contributed by atoms with Crippen molar-refractivity contribution in [1.82, 2.24) is 24.9 Å². The van der Waals surface area contributed by atoms with E-state index in [9.17, 15) is 0 Å². The monoisotopic (exact) mass is 369 g/mol. The number of H-pyrrole nitrogens is 1. The normalized spacial score (nSPS) is 18.3. The Bertz CT molecular complexity index is 880. The number of aromatic amines is 1. The molecule has 1 fully saturated rings. The quantitative estimate of drug-likeness (QED) is 0.751. The zero-order chi connectivity index (χ0) is 18.1. The summed E-state index contributed by atoms with van der Waals surface area (Å²) in [5.74, 6) is 0.467. The molecule has 3 aromatic rings. The summed E-state index contributed by atoms with van der Waals surface area (Å²) in [6.45, 7) is 5.22. The standard InChI is InChI=1S/C20H24ClN5/c1-14-17(11-25(2)24-14)13-26-9-3-4-16(12-26)20-19(10-22-23-20)15-5-7-18(21)8-6-15/h5-8,10-11,16H,3-4,9,12-13H2,1-2H3,(H,22,23)/t16-/m0/s1. The van der Waals surface area contributed by atoms with Gasteiger partial charge in [0.25, 0.3) is 0 Å². The van der Waals surface area contributed by atoms with Gasteiger partial charge in [-0.05, 0) is 44.0 Å². The molecule has 0 radical (unpaired) electrons. The number of likely N-dealkylation sites (tertiary alicyclic amines) is 1. The van der Waals surface area contributed by atoms with Crippen LogP contribution in [0.2, 0.25) is 5.02 Å². The molecule has 4 rings (SSSR count). The summed E-state index contributed by atoms with van der Waals surface area (Å²) in [7, 11) is 1.98. The summed E-state index contributed by atoms with van der Waals surface area (Å²) in [5, 5.41) is 12.8. The van der Waals surface area contributed by atoms with Crippen molar-refractivity contribution >= 4 is 11.6 Å². The zero-order valence-electron chi connectivity index (χ0n) is 15.2. The number of hydrogen-bond donors (Lipinski definition) is 1. The minimum Gasteiger partial charge on any atom is -0.298 e. The molecule has 2 aromatic heterocycles. The van der Waals surface area contributed by atoms with Crippen LogP contribution < -0.4 is 0 Å². The Kier molecular flexibility index (Phi) is 4.83. The van der Waals surface area contributed by atoms with Gasteiger partial charge in [0.05, 0.1) is 11.9 Å². The van der Waals surface area contributed by atoms with Gasteiger partial charge in [-0.1, -0.05) is 23.7 Å². The molecular weight excluding hydrogens is 346 g/mol. The zero-order valence-corrected chi connectivity index (χ0v) is 16.0. The highest BCUT2D eigenvalue weighted by Gasteiger charge is 2.25. The molecule has 0 amide bonds. The molecule has 1 saturated heterocycles. The SMILES string of the molecule is Cc1nn(C)cc1CN1CCC[C@H](c2[nH]ncc2-c2ccc(Cl)cc2)C1. The first-order valence-corrected chi connectivity index (χ1v) is 9.48. The van der Waals surface area contributed by atoms with Crippen molar-refractivity contribution in [3.63, 3.8) is 0 Å². The second kappa shape index (κ2) is 7.25. The molecule has 1 N–H and O–H groups in total. The van der Waals surface area contributed by atoms with E-state index in [0.717, 1.165) is 30.4 Å². The van der Waals surface area contributed by atoms with Gasteiger partial charge in [0.2, 0.25) is 0 Å². The molecule has 26 heavy (non-hydrogen) atoms. The number of nitrogens with zero attached hydrogens (tertiary/aromatic N) is 4.